The molecule has 5 heterocycles. The summed E-state index contributed by atoms with van der Waals surface area (Å²) >= 11 is 0. The van der Waals surface area contributed by atoms with Crippen molar-refractivity contribution >= 4 is 52.2 Å². The number of nitrogens with one attached hydrogen (secondary N) is 5. The minimum absolute atomic E-state index is 0.0192. The number of fused-ring (bicyclic) bond motifs is 5. The number of amides is 6. The Bertz CT molecular complexity index is 3580. The number of esters is 1. The van der Waals surface area contributed by atoms with Crippen molar-refractivity contribution in [3.05, 3.63) is 115 Å². The third kappa shape index (κ3) is 21.9. The summed E-state index contributed by atoms with van der Waals surface area (Å²) in [5.74, 6) is -2.28. The average Bonchev–Trinajstić information content (AvgIpc) is 1.66. The highest BCUT2D eigenvalue weighted by molar-refractivity contribution is 5.99. The van der Waals surface area contributed by atoms with Crippen molar-refractivity contribution < 1.29 is 81.2 Å². The first-order valence-electron chi connectivity index (χ1n) is 34.6. The molecule has 2 aliphatic heterocycles. The van der Waals surface area contributed by atoms with Gasteiger partial charge in [0, 0.05) is 60.7 Å². The molecule has 3 aromatic heterocycles. The lowest BCUT2D eigenvalue weighted by Gasteiger charge is -2.31. The molecule has 542 valence electrons. The van der Waals surface area contributed by atoms with Gasteiger partial charge in [-0.2, -0.15) is 0 Å². The number of primary amides is 1. The summed E-state index contributed by atoms with van der Waals surface area (Å²) in [6.07, 6.45) is 6.37. The van der Waals surface area contributed by atoms with Crippen LogP contribution in [0.2, 0.25) is 0 Å². The zero-order valence-electron chi connectivity index (χ0n) is 58.4. The predicted octanol–water partition coefficient (Wildman–Crippen LogP) is 5.56. The normalized spacial score (nSPS) is 15.9. The van der Waals surface area contributed by atoms with Gasteiger partial charge in [0.25, 0.3) is 11.5 Å². The van der Waals surface area contributed by atoms with Crippen LogP contribution in [0, 0.1) is 25.7 Å². The van der Waals surface area contributed by atoms with E-state index in [2.05, 4.69) is 47.4 Å². The van der Waals surface area contributed by atoms with Gasteiger partial charge in [-0.1, -0.05) is 46.8 Å². The van der Waals surface area contributed by atoms with E-state index in [1.54, 1.807) is 55.8 Å². The van der Waals surface area contributed by atoms with Crippen molar-refractivity contribution in [3.63, 3.8) is 0 Å². The van der Waals surface area contributed by atoms with Gasteiger partial charge in [0.15, 0.2) is 5.60 Å². The van der Waals surface area contributed by atoms with Crippen LogP contribution in [0.25, 0.3) is 22.3 Å². The molecule has 0 unspecified atom stereocenters. The van der Waals surface area contributed by atoms with E-state index in [-0.39, 0.29) is 87.3 Å². The molecule has 2 aromatic carbocycles. The third-order valence-corrected chi connectivity index (χ3v) is 17.8. The Morgan fingerprint density at radius 1 is 0.727 bits per heavy atom. The van der Waals surface area contributed by atoms with E-state index >= 15 is 0 Å². The number of benzene rings is 2. The molecular formula is C72H101N9O18. The monoisotopic (exact) mass is 1380 g/mol. The summed E-state index contributed by atoms with van der Waals surface area (Å²) in [5.41, 5.74) is 12.0. The van der Waals surface area contributed by atoms with Crippen LogP contribution in [0.15, 0.2) is 59.7 Å². The van der Waals surface area contributed by atoms with Gasteiger partial charge in [0.05, 0.1) is 153 Å². The Morgan fingerprint density at radius 2 is 1.31 bits per heavy atom. The molecule has 99 heavy (non-hydrogen) atoms. The number of carbonyl (C=O) groups excluding carboxylic acids is 6. The van der Waals surface area contributed by atoms with Crippen molar-refractivity contribution in [1.82, 2.24) is 35.4 Å². The van der Waals surface area contributed by atoms with E-state index in [0.717, 1.165) is 57.3 Å². The van der Waals surface area contributed by atoms with E-state index in [0.29, 0.717) is 147 Å². The first kappa shape index (κ1) is 77.0. The minimum Gasteiger partial charge on any atom is -0.458 e. The fourth-order valence-electron chi connectivity index (χ4n) is 12.1. The number of aliphatic hydroxyl groups is 1. The Morgan fingerprint density at radius 3 is 1.88 bits per heavy atom. The number of anilines is 1. The van der Waals surface area contributed by atoms with E-state index in [9.17, 15) is 38.7 Å². The van der Waals surface area contributed by atoms with Crippen LogP contribution in [0.5, 0.6) is 0 Å². The lowest BCUT2D eigenvalue weighted by Crippen LogP contribution is -2.54. The number of urea groups is 1. The number of aromatic nitrogens is 3. The zero-order chi connectivity index (χ0) is 70.8. The molecule has 0 radical (unpaired) electrons. The molecule has 8 rings (SSSR count). The quantitative estimate of drug-likeness (QED) is 0.0182. The maximum Gasteiger partial charge on any atom is 0.343 e. The fraction of sp³-hybridized carbons (Fsp3) is 0.583. The van der Waals surface area contributed by atoms with E-state index in [1.807, 2.05) is 35.9 Å². The smallest absolute Gasteiger partial charge is 0.343 e. The van der Waals surface area contributed by atoms with Crippen LogP contribution in [-0.2, 0) is 98.3 Å². The Hall–Kier alpha value is -7.70. The summed E-state index contributed by atoms with van der Waals surface area (Å²) in [7, 11) is 0. The number of pyridine rings is 2. The Kier molecular flexibility index (Phi) is 30.2. The maximum absolute atomic E-state index is 14.3. The summed E-state index contributed by atoms with van der Waals surface area (Å²) in [6.45, 7) is 22.1. The molecule has 27 heteroatoms. The molecule has 0 bridgehead atoms. The number of carbonyl (C=O) groups is 6. The lowest BCUT2D eigenvalue weighted by atomic mass is 9.80. The molecule has 0 saturated carbocycles. The first-order valence-corrected chi connectivity index (χ1v) is 34.6. The SMILES string of the molecule is CC[C@@]1(O)C(=O)OCc2c1cc1n(c2=O)Cc2c-1nc1cc(C)c(C)c3c1c2[C@@H](NC(=O)c1ccn(Cc2ccc(NC(=O)[C@H](CCCNC(N)=O)NC(=O)[C@@H](NC(=O)CCOCCOCCOCCOCCOCCOCCOCCOCCOCCC(C)C)C(C)C)cc2)c1)CC3. The van der Waals surface area contributed by atoms with Crippen LogP contribution in [0.3, 0.4) is 0 Å². The number of nitrogens with zero attached hydrogens (tertiary/aromatic N) is 3. The van der Waals surface area contributed by atoms with Crippen molar-refractivity contribution in [3.8, 4) is 11.4 Å². The van der Waals surface area contributed by atoms with Crippen molar-refractivity contribution in [2.45, 2.75) is 137 Å². The van der Waals surface area contributed by atoms with Gasteiger partial charge in [-0.05, 0) is 122 Å². The van der Waals surface area contributed by atoms with Crippen LogP contribution < -0.4 is 37.9 Å². The predicted molar refractivity (Wildman–Crippen MR) is 368 cm³/mol. The van der Waals surface area contributed by atoms with Gasteiger partial charge >= 0.3 is 12.0 Å². The molecule has 5 aromatic rings. The standard InChI is InChI=1S/C72H101N9O18/c1-8-72(89)56-41-60-65-54(44-81(60)69(86)55(56)45-99-70(72)87)63-57(16-15-53-49(7)48(6)40-59(76-65)62(53)63)77-66(83)51-17-21-80(43-51)42-50-11-13-52(14-12-50)75-67(84)58(10-9-20-74-71(73)88)78-68(85)64(47(4)5)79-61(82)19-23-91-25-27-93-29-31-95-33-35-97-37-39-98-38-36-96-34-32-94-30-28-92-26-24-90-22-18-46(2)3/h11-14,17,21,40-41,43,46-47,57-58,64,89H,8-10,15-16,18-20,22-39,42,44-45H2,1-7H3,(H,75,84)(H,77,83)(H,78,85)(H,79,82)(H3,73,74,88)/t57-,58-,64-,72-/m0/s1. The van der Waals surface area contributed by atoms with Gasteiger partial charge in [-0.25, -0.2) is 14.6 Å². The van der Waals surface area contributed by atoms with Gasteiger partial charge in [0.2, 0.25) is 17.7 Å². The van der Waals surface area contributed by atoms with Gasteiger partial charge in [-0.3, -0.25) is 24.0 Å². The number of hydrogen-bond donors (Lipinski definition) is 7. The molecule has 3 aliphatic rings. The number of aryl methyl sites for hydroxylation is 2. The highest BCUT2D eigenvalue weighted by Gasteiger charge is 2.46. The lowest BCUT2D eigenvalue weighted by molar-refractivity contribution is -0.172. The number of rotatable bonds is 45. The topological polar surface area (TPSA) is 341 Å². The molecule has 27 nitrogen and oxygen atoms in total. The molecular weight excluding hydrogens is 1280 g/mol. The minimum atomic E-state index is -1.97. The molecule has 0 saturated heterocycles. The van der Waals surface area contributed by atoms with Crippen molar-refractivity contribution in [1.29, 1.82) is 0 Å². The summed E-state index contributed by atoms with van der Waals surface area (Å²) in [4.78, 5) is 98.8. The maximum atomic E-state index is 14.3. The third-order valence-electron chi connectivity index (χ3n) is 17.8. The second-order valence-electron chi connectivity index (χ2n) is 25.7. The fourth-order valence-corrected chi connectivity index (χ4v) is 12.1. The van der Waals surface area contributed by atoms with Gasteiger partial charge in [0.1, 0.15) is 18.7 Å². The van der Waals surface area contributed by atoms with Crippen LogP contribution in [-0.4, -0.2) is 192 Å². The Labute approximate surface area is 578 Å². The van der Waals surface area contributed by atoms with Crippen LogP contribution in [0.1, 0.15) is 134 Å². The second kappa shape index (κ2) is 38.8. The average molecular weight is 1380 g/mol. The van der Waals surface area contributed by atoms with Gasteiger partial charge < -0.3 is 93.9 Å². The highest BCUT2D eigenvalue weighted by atomic mass is 16.6. The second-order valence-corrected chi connectivity index (χ2v) is 25.7. The molecule has 6 amide bonds. The summed E-state index contributed by atoms with van der Waals surface area (Å²) < 4.78 is 58.7. The van der Waals surface area contributed by atoms with Crippen LogP contribution in [0.4, 0.5) is 10.5 Å². The van der Waals surface area contributed by atoms with Crippen molar-refractivity contribution in [2.75, 3.05) is 131 Å². The largest absolute Gasteiger partial charge is 0.458 e. The highest BCUT2D eigenvalue weighted by Crippen LogP contribution is 2.46. The van der Waals surface area contributed by atoms with E-state index in [1.165, 1.54) is 0 Å². The molecule has 4 atom stereocenters. The van der Waals surface area contributed by atoms with E-state index in [4.69, 9.17) is 58.1 Å². The Balaban J connectivity index is 0.725. The molecule has 1 aliphatic carbocycles. The molecule has 0 fully saturated rings. The summed E-state index contributed by atoms with van der Waals surface area (Å²) in [6, 6.07) is 9.45. The first-order chi connectivity index (χ1) is 47.8. The molecule has 0 spiro atoms. The van der Waals surface area contributed by atoms with Crippen molar-refractivity contribution in [2.24, 2.45) is 17.6 Å². The summed E-state index contributed by atoms with van der Waals surface area (Å²) in [5, 5.41) is 26.8. The van der Waals surface area contributed by atoms with Gasteiger partial charge in [-0.15, -0.1) is 0 Å². The number of cyclic esters (lactones) is 1. The number of nitrogens with two attached hydrogens (primary N) is 1. The number of hydrogen-bond acceptors (Lipinski definition) is 19. The number of ether oxygens (including phenoxy) is 10. The van der Waals surface area contributed by atoms with E-state index < -0.39 is 53.4 Å². The molecule has 8 N–H and O–H groups in total. The van der Waals surface area contributed by atoms with Crippen LogP contribution >= 0.6 is 0 Å². The zero-order valence-corrected chi connectivity index (χ0v) is 58.4.